The molecule has 1 aromatic rings. The van der Waals surface area contributed by atoms with Crippen molar-refractivity contribution in [3.05, 3.63) is 38.2 Å². The Morgan fingerprint density at radius 1 is 1.35 bits per heavy atom. The van der Waals surface area contributed by atoms with E-state index in [9.17, 15) is 0 Å². The van der Waals surface area contributed by atoms with Gasteiger partial charge in [-0.3, -0.25) is 0 Å². The number of epoxide rings is 1. The van der Waals surface area contributed by atoms with Crippen LogP contribution in [0.1, 0.15) is 6.42 Å². The molecule has 2 rings (SSSR count). The highest BCUT2D eigenvalue weighted by molar-refractivity contribution is 9.11. The monoisotopic (exact) mass is 424 g/mol. The summed E-state index contributed by atoms with van der Waals surface area (Å²) < 4.78 is 14.1. The highest BCUT2D eigenvalue weighted by Crippen LogP contribution is 2.39. The fourth-order valence-electron chi connectivity index (χ4n) is 1.50. The van der Waals surface area contributed by atoms with Crippen molar-refractivity contribution < 1.29 is 9.47 Å². The van der Waals surface area contributed by atoms with Crippen molar-refractivity contribution in [2.75, 3.05) is 13.2 Å². The van der Waals surface area contributed by atoms with Gasteiger partial charge in [0.25, 0.3) is 0 Å². The van der Waals surface area contributed by atoms with Gasteiger partial charge in [-0.25, -0.2) is 0 Å². The average Bonchev–Trinajstić information content (AvgIpc) is 2.97. The lowest BCUT2D eigenvalue weighted by molar-refractivity contribution is 0.189. The Hall–Kier alpha value is 0.160. The Labute approximate surface area is 126 Å². The van der Waals surface area contributed by atoms with Crippen LogP contribution < -0.4 is 4.74 Å². The standard InChI is InChI=1S/C12H11Br3O2/c1-2-3-12(7-17-12)6-16-11-9(14)4-8(13)5-10(11)15/h2,4-5H,1,3,6-7H2. The zero-order chi connectivity index (χ0) is 12.5. The molecule has 1 saturated heterocycles. The van der Waals surface area contributed by atoms with Crippen molar-refractivity contribution in [2.45, 2.75) is 12.0 Å². The summed E-state index contributed by atoms with van der Waals surface area (Å²) in [5.41, 5.74) is -0.159. The number of hydrogen-bond acceptors (Lipinski definition) is 2. The summed E-state index contributed by atoms with van der Waals surface area (Å²) >= 11 is 10.4. The predicted molar refractivity (Wildman–Crippen MR) is 78.5 cm³/mol. The van der Waals surface area contributed by atoms with E-state index in [-0.39, 0.29) is 5.60 Å². The normalized spacial score (nSPS) is 22.3. The van der Waals surface area contributed by atoms with Crippen LogP contribution in [0.25, 0.3) is 0 Å². The molecular formula is C12H11Br3O2. The maximum atomic E-state index is 5.82. The molecule has 92 valence electrons. The van der Waals surface area contributed by atoms with E-state index in [2.05, 4.69) is 54.4 Å². The first-order valence-corrected chi connectivity index (χ1v) is 7.46. The molecule has 1 unspecified atom stereocenters. The van der Waals surface area contributed by atoms with Crippen molar-refractivity contribution in [1.29, 1.82) is 0 Å². The first-order chi connectivity index (χ1) is 8.06. The summed E-state index contributed by atoms with van der Waals surface area (Å²) in [6.07, 6.45) is 2.68. The zero-order valence-electron chi connectivity index (χ0n) is 9.01. The molecule has 0 radical (unpaired) electrons. The molecule has 1 aliphatic rings. The van der Waals surface area contributed by atoms with E-state index in [1.165, 1.54) is 0 Å². The quantitative estimate of drug-likeness (QED) is 0.503. The second kappa shape index (κ2) is 5.43. The second-order valence-corrected chi connectivity index (χ2v) is 6.58. The van der Waals surface area contributed by atoms with Gasteiger partial charge in [0.05, 0.1) is 15.6 Å². The first-order valence-electron chi connectivity index (χ1n) is 5.08. The smallest absolute Gasteiger partial charge is 0.147 e. The van der Waals surface area contributed by atoms with E-state index in [4.69, 9.17) is 9.47 Å². The lowest BCUT2D eigenvalue weighted by Gasteiger charge is -2.14. The van der Waals surface area contributed by atoms with Gasteiger partial charge in [-0.05, 0) is 50.4 Å². The number of benzene rings is 1. The van der Waals surface area contributed by atoms with E-state index < -0.39 is 0 Å². The van der Waals surface area contributed by atoms with Crippen LogP contribution in [0.15, 0.2) is 38.2 Å². The topological polar surface area (TPSA) is 21.8 Å². The van der Waals surface area contributed by atoms with Gasteiger partial charge in [0.1, 0.15) is 18.0 Å². The third kappa shape index (κ3) is 3.34. The number of halogens is 3. The Kier molecular flexibility index (Phi) is 4.34. The van der Waals surface area contributed by atoms with Crippen LogP contribution in [0.3, 0.4) is 0 Å². The largest absolute Gasteiger partial charge is 0.488 e. The molecule has 5 heteroatoms. The molecule has 0 saturated carbocycles. The molecule has 17 heavy (non-hydrogen) atoms. The summed E-state index contributed by atoms with van der Waals surface area (Å²) in [6, 6.07) is 3.90. The zero-order valence-corrected chi connectivity index (χ0v) is 13.8. The molecule has 2 nitrogen and oxygen atoms in total. The van der Waals surface area contributed by atoms with Gasteiger partial charge >= 0.3 is 0 Å². The minimum atomic E-state index is -0.159. The van der Waals surface area contributed by atoms with Crippen LogP contribution in [0.5, 0.6) is 5.75 Å². The van der Waals surface area contributed by atoms with Gasteiger partial charge in [-0.2, -0.15) is 0 Å². The van der Waals surface area contributed by atoms with Crippen LogP contribution in [0, 0.1) is 0 Å². The van der Waals surface area contributed by atoms with Crippen LogP contribution in [0.4, 0.5) is 0 Å². The Bertz CT molecular complexity index is 418. The van der Waals surface area contributed by atoms with Crippen molar-refractivity contribution >= 4 is 47.8 Å². The van der Waals surface area contributed by atoms with Crippen LogP contribution in [0.2, 0.25) is 0 Å². The van der Waals surface area contributed by atoms with Crippen LogP contribution in [-0.2, 0) is 4.74 Å². The molecule has 1 atom stereocenters. The summed E-state index contributed by atoms with van der Waals surface area (Å²) in [5.74, 6) is 0.798. The molecule has 1 aromatic carbocycles. The van der Waals surface area contributed by atoms with Crippen LogP contribution in [-0.4, -0.2) is 18.8 Å². The maximum Gasteiger partial charge on any atom is 0.147 e. The minimum absolute atomic E-state index is 0.159. The van der Waals surface area contributed by atoms with Crippen molar-refractivity contribution in [3.63, 3.8) is 0 Å². The van der Waals surface area contributed by atoms with Crippen LogP contribution >= 0.6 is 47.8 Å². The highest BCUT2D eigenvalue weighted by atomic mass is 79.9. The van der Waals surface area contributed by atoms with Crippen molar-refractivity contribution in [1.82, 2.24) is 0 Å². The van der Waals surface area contributed by atoms with Gasteiger partial charge in [-0.1, -0.05) is 22.0 Å². The molecule has 1 fully saturated rings. The van der Waals surface area contributed by atoms with E-state index in [1.807, 2.05) is 18.2 Å². The average molecular weight is 427 g/mol. The Morgan fingerprint density at radius 3 is 2.41 bits per heavy atom. The maximum absolute atomic E-state index is 5.82. The minimum Gasteiger partial charge on any atom is -0.488 e. The SMILES string of the molecule is C=CCC1(COc2c(Br)cc(Br)cc2Br)CO1. The summed E-state index contributed by atoms with van der Waals surface area (Å²) in [4.78, 5) is 0. The summed E-state index contributed by atoms with van der Waals surface area (Å²) in [5, 5.41) is 0. The predicted octanol–water partition coefficient (Wildman–Crippen LogP) is 4.70. The van der Waals surface area contributed by atoms with Gasteiger partial charge in [0, 0.05) is 4.47 Å². The van der Waals surface area contributed by atoms with Gasteiger partial charge in [0.2, 0.25) is 0 Å². The van der Waals surface area contributed by atoms with Crippen molar-refractivity contribution in [3.8, 4) is 5.75 Å². The molecule has 0 aromatic heterocycles. The third-order valence-corrected chi connectivity index (χ3v) is 4.15. The second-order valence-electron chi connectivity index (χ2n) is 3.95. The fourth-order valence-corrected chi connectivity index (χ4v) is 3.98. The molecule has 0 amide bonds. The molecule has 1 heterocycles. The number of ether oxygens (including phenoxy) is 2. The van der Waals surface area contributed by atoms with Gasteiger partial charge < -0.3 is 9.47 Å². The molecule has 0 N–H and O–H groups in total. The lowest BCUT2D eigenvalue weighted by Crippen LogP contribution is -2.21. The fraction of sp³-hybridized carbons (Fsp3) is 0.333. The van der Waals surface area contributed by atoms with Crippen molar-refractivity contribution in [2.24, 2.45) is 0 Å². The van der Waals surface area contributed by atoms with E-state index >= 15 is 0 Å². The molecule has 0 spiro atoms. The lowest BCUT2D eigenvalue weighted by atomic mass is 10.1. The molecule has 0 aliphatic carbocycles. The van der Waals surface area contributed by atoms with Gasteiger partial charge in [-0.15, -0.1) is 6.58 Å². The van der Waals surface area contributed by atoms with E-state index in [0.717, 1.165) is 32.2 Å². The van der Waals surface area contributed by atoms with Gasteiger partial charge in [0.15, 0.2) is 0 Å². The van der Waals surface area contributed by atoms with E-state index in [1.54, 1.807) is 0 Å². The number of rotatable bonds is 5. The summed E-state index contributed by atoms with van der Waals surface area (Å²) in [7, 11) is 0. The Balaban J connectivity index is 2.07. The molecule has 1 aliphatic heterocycles. The third-order valence-electron chi connectivity index (χ3n) is 2.51. The summed E-state index contributed by atoms with van der Waals surface area (Å²) in [6.45, 7) is 5.01. The molecular weight excluding hydrogens is 416 g/mol. The highest BCUT2D eigenvalue weighted by Gasteiger charge is 2.44. The Morgan fingerprint density at radius 2 is 1.94 bits per heavy atom. The first kappa shape index (κ1) is 13.6. The van der Waals surface area contributed by atoms with E-state index in [0.29, 0.717) is 6.61 Å². The molecule has 0 bridgehead atoms. The number of hydrogen-bond donors (Lipinski definition) is 0.